The maximum Gasteiger partial charge on any atom is 0.309 e. The van der Waals surface area contributed by atoms with Gasteiger partial charge in [0, 0.05) is 0 Å². The van der Waals surface area contributed by atoms with Gasteiger partial charge in [0.25, 0.3) is 6.47 Å². The van der Waals surface area contributed by atoms with Crippen LogP contribution in [0.2, 0.25) is 0 Å². The number of hydrogen-bond acceptors (Lipinski definition) is 5. The summed E-state index contributed by atoms with van der Waals surface area (Å²) in [5.41, 5.74) is 0. The van der Waals surface area contributed by atoms with Gasteiger partial charge in [-0.15, -0.1) is 0 Å². The maximum atomic E-state index is 11.6. The van der Waals surface area contributed by atoms with Crippen LogP contribution >= 0.6 is 0 Å². The van der Waals surface area contributed by atoms with Crippen LogP contribution in [0.3, 0.4) is 0 Å². The summed E-state index contributed by atoms with van der Waals surface area (Å²) < 4.78 is 10.0. The smallest absolute Gasteiger partial charge is 0.309 e. The Morgan fingerprint density at radius 2 is 2.22 bits per heavy atom. The van der Waals surface area contributed by atoms with Gasteiger partial charge >= 0.3 is 5.97 Å². The lowest BCUT2D eigenvalue weighted by Gasteiger charge is -2.32. The lowest BCUT2D eigenvalue weighted by atomic mass is 9.85. The average molecular weight is 258 g/mol. The van der Waals surface area contributed by atoms with Crippen molar-refractivity contribution in [2.45, 2.75) is 51.7 Å². The molecule has 1 aliphatic rings. The summed E-state index contributed by atoms with van der Waals surface area (Å²) in [5, 5.41) is 9.92. The first-order chi connectivity index (χ1) is 8.58. The first-order valence-corrected chi connectivity index (χ1v) is 6.52. The van der Waals surface area contributed by atoms with Crippen molar-refractivity contribution in [2.75, 3.05) is 6.61 Å². The fourth-order valence-electron chi connectivity index (χ4n) is 2.10. The van der Waals surface area contributed by atoms with E-state index in [1.807, 2.05) is 13.8 Å². The average Bonchev–Trinajstić information content (AvgIpc) is 2.38. The summed E-state index contributed by atoms with van der Waals surface area (Å²) in [6.45, 7) is 4.49. The van der Waals surface area contributed by atoms with E-state index < -0.39 is 12.2 Å². The third kappa shape index (κ3) is 4.29. The molecule has 4 unspecified atom stereocenters. The summed E-state index contributed by atoms with van der Waals surface area (Å²) in [7, 11) is 0. The largest absolute Gasteiger partial charge is 0.468 e. The first kappa shape index (κ1) is 15.0. The number of aliphatic hydroxyl groups is 1. The van der Waals surface area contributed by atoms with Crippen LogP contribution in [0.1, 0.15) is 39.5 Å². The van der Waals surface area contributed by atoms with Crippen molar-refractivity contribution >= 4 is 12.4 Å². The second-order valence-corrected chi connectivity index (χ2v) is 4.96. The molecule has 1 saturated carbocycles. The topological polar surface area (TPSA) is 72.8 Å². The minimum atomic E-state index is -0.660. The van der Waals surface area contributed by atoms with Gasteiger partial charge in [-0.05, 0) is 31.6 Å². The molecule has 5 nitrogen and oxygen atoms in total. The van der Waals surface area contributed by atoms with Gasteiger partial charge in [0.05, 0.1) is 18.6 Å². The highest BCUT2D eigenvalue weighted by Crippen LogP contribution is 2.27. The van der Waals surface area contributed by atoms with Gasteiger partial charge in [-0.1, -0.05) is 13.8 Å². The molecule has 0 spiro atoms. The molecular formula is C13H22O5. The van der Waals surface area contributed by atoms with Gasteiger partial charge in [0.15, 0.2) is 0 Å². The highest BCUT2D eigenvalue weighted by molar-refractivity contribution is 5.72. The molecule has 1 aliphatic carbocycles. The van der Waals surface area contributed by atoms with Crippen LogP contribution in [0.15, 0.2) is 0 Å². The minimum absolute atomic E-state index is 0.131. The van der Waals surface area contributed by atoms with Crippen molar-refractivity contribution in [3.05, 3.63) is 0 Å². The van der Waals surface area contributed by atoms with Crippen molar-refractivity contribution in [1.82, 2.24) is 0 Å². The van der Waals surface area contributed by atoms with Crippen LogP contribution in [0.5, 0.6) is 0 Å². The zero-order valence-corrected chi connectivity index (χ0v) is 11.0. The van der Waals surface area contributed by atoms with E-state index in [4.69, 9.17) is 9.47 Å². The molecule has 1 N–H and O–H groups in total. The molecule has 4 atom stereocenters. The van der Waals surface area contributed by atoms with Crippen molar-refractivity contribution in [3.63, 3.8) is 0 Å². The van der Waals surface area contributed by atoms with Gasteiger partial charge in [-0.3, -0.25) is 9.59 Å². The first-order valence-electron chi connectivity index (χ1n) is 6.52. The van der Waals surface area contributed by atoms with E-state index in [0.29, 0.717) is 25.9 Å². The Morgan fingerprint density at radius 3 is 2.78 bits per heavy atom. The molecular weight excluding hydrogens is 236 g/mol. The number of rotatable bonds is 6. The highest BCUT2D eigenvalue weighted by atomic mass is 16.6. The van der Waals surface area contributed by atoms with E-state index in [1.54, 1.807) is 0 Å². The molecule has 1 fully saturated rings. The Hall–Kier alpha value is -1.10. The summed E-state index contributed by atoms with van der Waals surface area (Å²) in [4.78, 5) is 21.7. The third-order valence-corrected chi connectivity index (χ3v) is 3.55. The van der Waals surface area contributed by atoms with E-state index in [0.717, 1.165) is 12.8 Å². The van der Waals surface area contributed by atoms with E-state index >= 15 is 0 Å². The predicted octanol–water partition coefficient (Wildman–Crippen LogP) is 1.28. The molecule has 0 saturated heterocycles. The monoisotopic (exact) mass is 258 g/mol. The summed E-state index contributed by atoms with van der Waals surface area (Å²) >= 11 is 0. The molecule has 0 aromatic rings. The van der Waals surface area contributed by atoms with Gasteiger partial charge in [0.1, 0.15) is 6.10 Å². The van der Waals surface area contributed by atoms with Crippen molar-refractivity contribution in [2.24, 2.45) is 11.8 Å². The second-order valence-electron chi connectivity index (χ2n) is 4.96. The van der Waals surface area contributed by atoms with E-state index in [-0.39, 0.29) is 17.8 Å². The number of ether oxygens (including phenoxy) is 2. The van der Waals surface area contributed by atoms with Crippen LogP contribution in [-0.4, -0.2) is 36.4 Å². The van der Waals surface area contributed by atoms with Crippen molar-refractivity contribution in [1.29, 1.82) is 0 Å². The molecule has 5 heteroatoms. The van der Waals surface area contributed by atoms with Crippen molar-refractivity contribution in [3.8, 4) is 0 Å². The standard InChI is InChI=1S/C13H22O5/c1-3-9(2)13(16)18-12-5-4-10(6-11(12)15)7-17-8-14/h8-12,15H,3-7H2,1-2H3. The number of esters is 1. The lowest BCUT2D eigenvalue weighted by Crippen LogP contribution is -2.39. The Balaban J connectivity index is 2.37. The van der Waals surface area contributed by atoms with Gasteiger partial charge < -0.3 is 14.6 Å². The molecule has 0 aromatic carbocycles. The fourth-order valence-corrected chi connectivity index (χ4v) is 2.10. The Morgan fingerprint density at radius 1 is 1.50 bits per heavy atom. The van der Waals surface area contributed by atoms with Crippen LogP contribution in [0.4, 0.5) is 0 Å². The minimum Gasteiger partial charge on any atom is -0.468 e. The summed E-state index contributed by atoms with van der Waals surface area (Å²) in [5.74, 6) is -0.221. The Bertz CT molecular complexity index is 279. The van der Waals surface area contributed by atoms with E-state index in [2.05, 4.69) is 0 Å². The Labute approximate surface area is 107 Å². The van der Waals surface area contributed by atoms with E-state index in [1.165, 1.54) is 0 Å². The molecule has 18 heavy (non-hydrogen) atoms. The second kappa shape index (κ2) is 7.36. The molecule has 0 heterocycles. The third-order valence-electron chi connectivity index (χ3n) is 3.55. The fraction of sp³-hybridized carbons (Fsp3) is 0.846. The molecule has 0 amide bonds. The summed E-state index contributed by atoms with van der Waals surface area (Å²) in [6, 6.07) is 0. The summed E-state index contributed by atoms with van der Waals surface area (Å²) in [6.07, 6.45) is 1.58. The lowest BCUT2D eigenvalue weighted by molar-refractivity contribution is -0.163. The molecule has 104 valence electrons. The van der Waals surface area contributed by atoms with Crippen LogP contribution in [0.25, 0.3) is 0 Å². The maximum absolute atomic E-state index is 11.6. The zero-order valence-electron chi connectivity index (χ0n) is 11.0. The van der Waals surface area contributed by atoms with Gasteiger partial charge in [0.2, 0.25) is 0 Å². The SMILES string of the molecule is CCC(C)C(=O)OC1CCC(COC=O)CC1O. The van der Waals surface area contributed by atoms with Crippen LogP contribution in [0, 0.1) is 11.8 Å². The van der Waals surface area contributed by atoms with Gasteiger partial charge in [-0.2, -0.15) is 0 Å². The number of carbonyl (C=O) groups excluding carboxylic acids is 2. The van der Waals surface area contributed by atoms with Crippen LogP contribution in [-0.2, 0) is 19.1 Å². The number of hydrogen-bond donors (Lipinski definition) is 1. The molecule has 0 radical (unpaired) electrons. The number of carbonyl (C=O) groups is 2. The van der Waals surface area contributed by atoms with Crippen molar-refractivity contribution < 1.29 is 24.2 Å². The molecule has 0 aliphatic heterocycles. The normalized spacial score (nSPS) is 29.4. The zero-order chi connectivity index (χ0) is 13.5. The molecule has 0 bridgehead atoms. The molecule has 1 rings (SSSR count). The number of aliphatic hydroxyl groups excluding tert-OH is 1. The molecule has 0 aromatic heterocycles. The Kier molecular flexibility index (Phi) is 6.12. The quantitative estimate of drug-likeness (QED) is 0.574. The van der Waals surface area contributed by atoms with E-state index in [9.17, 15) is 14.7 Å². The highest BCUT2D eigenvalue weighted by Gasteiger charge is 2.32. The predicted molar refractivity (Wildman–Crippen MR) is 64.7 cm³/mol. The van der Waals surface area contributed by atoms with Crippen LogP contribution < -0.4 is 0 Å². The van der Waals surface area contributed by atoms with Gasteiger partial charge in [-0.25, -0.2) is 0 Å².